The normalized spacial score (nSPS) is 12.7. The molecule has 216 valence electrons. The predicted molar refractivity (Wildman–Crippen MR) is 168 cm³/mol. The van der Waals surface area contributed by atoms with Gasteiger partial charge in [0, 0.05) is 61.4 Å². The molecule has 0 fully saturated rings. The molecule has 0 spiro atoms. The van der Waals surface area contributed by atoms with Gasteiger partial charge < -0.3 is 19.1 Å². The zero-order chi connectivity index (χ0) is 29.5. The standard InChI is InChI=1S/C36H23N6O.Pt/c1-24-25(2)41(23-40(24)28-9-5-4-6-10-28)29-18-27(38-3)19-31(20-29)43-30-13-14-32-33-17-26(22-37)12-15-34(33)42(35(32)21-30)36-11-7-8-16-39-36;/h4-19,23H,1-2H3;/q-3;. The van der Waals surface area contributed by atoms with Crippen LogP contribution < -0.4 is 14.5 Å². The summed E-state index contributed by atoms with van der Waals surface area (Å²) < 4.78 is 8.34. The second-order valence-electron chi connectivity index (χ2n) is 10.1. The Morgan fingerprint density at radius 3 is 2.41 bits per heavy atom. The molecule has 0 atom stereocenters. The van der Waals surface area contributed by atoms with Gasteiger partial charge in [0.25, 0.3) is 0 Å². The van der Waals surface area contributed by atoms with Gasteiger partial charge in [-0.15, -0.1) is 48.1 Å². The number of nitriles is 1. The topological polar surface area (TPSA) is 61.7 Å². The van der Waals surface area contributed by atoms with Gasteiger partial charge in [-0.3, -0.25) is 4.85 Å². The molecule has 44 heavy (non-hydrogen) atoms. The molecular formula is C36H23N6OPt-3. The van der Waals surface area contributed by atoms with E-state index in [4.69, 9.17) is 11.3 Å². The summed E-state index contributed by atoms with van der Waals surface area (Å²) in [6, 6.07) is 37.8. The molecule has 0 bridgehead atoms. The zero-order valence-corrected chi connectivity index (χ0v) is 26.0. The maximum absolute atomic E-state index is 9.52. The van der Waals surface area contributed by atoms with Crippen molar-refractivity contribution in [3.63, 3.8) is 0 Å². The second-order valence-corrected chi connectivity index (χ2v) is 10.1. The first-order chi connectivity index (χ1) is 21.0. The average Bonchev–Trinajstić information content (AvgIpc) is 3.54. The van der Waals surface area contributed by atoms with Crippen LogP contribution in [0.1, 0.15) is 19.4 Å². The average molecular weight is 751 g/mol. The van der Waals surface area contributed by atoms with Crippen LogP contribution in [0.4, 0.5) is 17.1 Å². The fourth-order valence-electron chi connectivity index (χ4n) is 5.39. The first kappa shape index (κ1) is 28.7. The number of pyridine rings is 1. The number of rotatable bonds is 5. The monoisotopic (exact) mass is 750 g/mol. The van der Waals surface area contributed by atoms with Crippen molar-refractivity contribution in [2.24, 2.45) is 0 Å². The Morgan fingerprint density at radius 2 is 1.66 bits per heavy atom. The number of hydrogen-bond donors (Lipinski definition) is 0. The third-order valence-corrected chi connectivity index (χ3v) is 7.59. The van der Waals surface area contributed by atoms with Crippen LogP contribution in [-0.2, 0) is 21.1 Å². The zero-order valence-electron chi connectivity index (χ0n) is 23.7. The van der Waals surface area contributed by atoms with E-state index in [0.717, 1.165) is 44.7 Å². The molecule has 7 rings (SSSR count). The van der Waals surface area contributed by atoms with Gasteiger partial charge >= 0.3 is 0 Å². The van der Waals surface area contributed by atoms with Crippen LogP contribution in [0.25, 0.3) is 32.5 Å². The fourth-order valence-corrected chi connectivity index (χ4v) is 5.39. The predicted octanol–water partition coefficient (Wildman–Crippen LogP) is 8.69. The van der Waals surface area contributed by atoms with E-state index in [-0.39, 0.29) is 21.1 Å². The molecule has 1 aliphatic rings. The number of ether oxygens (including phenoxy) is 1. The number of para-hydroxylation sites is 1. The largest absolute Gasteiger partial charge is 0.510 e. The van der Waals surface area contributed by atoms with Crippen molar-refractivity contribution >= 4 is 38.9 Å². The van der Waals surface area contributed by atoms with Crippen LogP contribution in [0.15, 0.2) is 109 Å². The van der Waals surface area contributed by atoms with Gasteiger partial charge in [0.2, 0.25) is 0 Å². The Bertz CT molecular complexity index is 2140. The molecule has 6 aromatic rings. The summed E-state index contributed by atoms with van der Waals surface area (Å²) in [5.74, 6) is 1.61. The van der Waals surface area contributed by atoms with E-state index in [1.165, 1.54) is 0 Å². The fraction of sp³-hybridized carbons (Fsp3) is 0.0556. The van der Waals surface area contributed by atoms with Crippen molar-refractivity contribution in [3.05, 3.63) is 144 Å². The number of anilines is 2. The molecule has 1 aliphatic heterocycles. The molecule has 0 saturated heterocycles. The van der Waals surface area contributed by atoms with Crippen LogP contribution in [0.5, 0.6) is 11.5 Å². The Morgan fingerprint density at radius 1 is 0.864 bits per heavy atom. The van der Waals surface area contributed by atoms with E-state index in [1.807, 2.05) is 83.7 Å². The summed E-state index contributed by atoms with van der Waals surface area (Å²) in [5.41, 5.74) is 6.55. The number of hydrogen-bond acceptors (Lipinski definition) is 5. The van der Waals surface area contributed by atoms with Gasteiger partial charge in [-0.2, -0.15) is 11.3 Å². The van der Waals surface area contributed by atoms with Gasteiger partial charge in [0.05, 0.1) is 23.9 Å². The third kappa shape index (κ3) is 4.98. The molecule has 4 aromatic carbocycles. The van der Waals surface area contributed by atoms with Crippen molar-refractivity contribution in [2.45, 2.75) is 13.8 Å². The smallest absolute Gasteiger partial charge is 0.135 e. The third-order valence-electron chi connectivity index (χ3n) is 7.59. The van der Waals surface area contributed by atoms with Crippen LogP contribution in [-0.4, -0.2) is 9.55 Å². The first-order valence-electron chi connectivity index (χ1n) is 13.6. The summed E-state index contributed by atoms with van der Waals surface area (Å²) in [5, 5.41) is 11.4. The maximum atomic E-state index is 9.52. The summed E-state index contributed by atoms with van der Waals surface area (Å²) in [6.07, 6.45) is 1.75. The van der Waals surface area contributed by atoms with E-state index in [0.29, 0.717) is 28.4 Å². The second kappa shape index (κ2) is 11.7. The molecule has 0 N–H and O–H groups in total. The summed E-state index contributed by atoms with van der Waals surface area (Å²) in [4.78, 5) is 12.4. The molecular weight excluding hydrogens is 728 g/mol. The molecule has 0 unspecified atom stereocenters. The summed E-state index contributed by atoms with van der Waals surface area (Å²) >= 11 is 0. The molecule has 8 heteroatoms. The Hall–Kier alpha value is -5.36. The summed E-state index contributed by atoms with van der Waals surface area (Å²) in [6.45, 7) is 13.9. The van der Waals surface area contributed by atoms with Crippen molar-refractivity contribution in [3.8, 4) is 23.4 Å². The van der Waals surface area contributed by atoms with E-state index in [2.05, 4.69) is 52.0 Å². The molecule has 0 amide bonds. The minimum Gasteiger partial charge on any atom is -0.510 e. The van der Waals surface area contributed by atoms with Crippen molar-refractivity contribution in [2.75, 3.05) is 9.80 Å². The molecule has 2 aromatic heterocycles. The number of allylic oxidation sites excluding steroid dienone is 2. The van der Waals surface area contributed by atoms with Crippen LogP contribution in [0.3, 0.4) is 0 Å². The number of fused-ring (bicyclic) bond motifs is 3. The van der Waals surface area contributed by atoms with E-state index >= 15 is 0 Å². The van der Waals surface area contributed by atoms with Crippen LogP contribution >= 0.6 is 0 Å². The number of aromatic nitrogens is 2. The minimum absolute atomic E-state index is 0. The van der Waals surface area contributed by atoms with E-state index in [9.17, 15) is 5.26 Å². The van der Waals surface area contributed by atoms with Crippen molar-refractivity contribution < 1.29 is 25.8 Å². The number of benzene rings is 4. The molecule has 3 heterocycles. The van der Waals surface area contributed by atoms with Gasteiger partial charge in [-0.25, -0.2) is 4.98 Å². The van der Waals surface area contributed by atoms with Crippen LogP contribution in [0, 0.1) is 36.7 Å². The Kier molecular flexibility index (Phi) is 7.66. The van der Waals surface area contributed by atoms with Gasteiger partial charge in [-0.05, 0) is 61.7 Å². The quantitative estimate of drug-likeness (QED) is 0.165. The Balaban J connectivity index is 0.00000343. The first-order valence-corrected chi connectivity index (χ1v) is 13.6. The van der Waals surface area contributed by atoms with Gasteiger partial charge in [0.15, 0.2) is 0 Å². The van der Waals surface area contributed by atoms with Crippen molar-refractivity contribution in [1.29, 1.82) is 5.26 Å². The van der Waals surface area contributed by atoms with E-state index in [1.54, 1.807) is 24.4 Å². The Labute approximate surface area is 269 Å². The van der Waals surface area contributed by atoms with E-state index < -0.39 is 0 Å². The van der Waals surface area contributed by atoms with Crippen LogP contribution in [0.2, 0.25) is 0 Å². The van der Waals surface area contributed by atoms with Gasteiger partial charge in [-0.1, -0.05) is 29.8 Å². The molecule has 0 aliphatic carbocycles. The molecule has 0 radical (unpaired) electrons. The SMILES string of the molecule is [C-]#[N+]c1cc(Oc2[c-]c3c(cc2)c2cc(C#N)ccc2n3-c2ccccn2)[c-]c(N2[CH-]N(c3ccccc3)C(C)=C2C)c1.[Pt]. The molecule has 0 saturated carbocycles. The molecule has 7 nitrogen and oxygen atoms in total. The minimum atomic E-state index is 0. The summed E-state index contributed by atoms with van der Waals surface area (Å²) in [7, 11) is 0. The van der Waals surface area contributed by atoms with Gasteiger partial charge in [0.1, 0.15) is 5.82 Å². The maximum Gasteiger partial charge on any atom is 0.135 e. The van der Waals surface area contributed by atoms with Crippen molar-refractivity contribution in [1.82, 2.24) is 9.55 Å². The number of nitrogens with zero attached hydrogens (tertiary/aromatic N) is 6.